The number of carbonyl (C=O) groups excluding carboxylic acids is 2. The van der Waals surface area contributed by atoms with Crippen molar-refractivity contribution in [3.8, 4) is 22.6 Å². The van der Waals surface area contributed by atoms with Crippen LogP contribution in [0.25, 0.3) is 22.0 Å². The number of halogens is 1. The molecule has 49 heavy (non-hydrogen) atoms. The monoisotopic (exact) mass is 667 g/mol. The van der Waals surface area contributed by atoms with Crippen molar-refractivity contribution in [3.05, 3.63) is 78.4 Å². The number of piperidine rings is 1. The van der Waals surface area contributed by atoms with Gasteiger partial charge in [-0.1, -0.05) is 5.21 Å². The Bertz CT molecular complexity index is 1960. The number of likely N-dealkylation sites (tertiary alicyclic amines) is 1. The summed E-state index contributed by atoms with van der Waals surface area (Å²) in [4.78, 5) is 45.2. The average molecular weight is 668 g/mol. The molecule has 2 fully saturated rings. The van der Waals surface area contributed by atoms with Crippen molar-refractivity contribution in [2.45, 2.75) is 31.7 Å². The SMILES string of the molecule is COc1ccncc1-c1cc(C(=O)N2CCN(c3ncc(F)cc3OC)CC2)cc2cc([C@H]3CCCN(C(=O)CCn4ccnn4)C3)[nH]c12. The molecule has 5 aromatic rings. The van der Waals surface area contributed by atoms with Crippen molar-refractivity contribution in [1.82, 2.24) is 39.7 Å². The number of amides is 2. The molecule has 1 atom stereocenters. The van der Waals surface area contributed by atoms with Gasteiger partial charge in [0.15, 0.2) is 11.6 Å². The summed E-state index contributed by atoms with van der Waals surface area (Å²) in [7, 11) is 3.11. The summed E-state index contributed by atoms with van der Waals surface area (Å²) in [5, 5.41) is 8.69. The van der Waals surface area contributed by atoms with Gasteiger partial charge in [0.25, 0.3) is 5.91 Å². The Morgan fingerprint density at radius 2 is 1.80 bits per heavy atom. The van der Waals surface area contributed by atoms with Crippen LogP contribution in [-0.4, -0.2) is 105 Å². The number of methoxy groups -OCH3 is 2. The summed E-state index contributed by atoms with van der Waals surface area (Å²) in [6.45, 7) is 3.80. The van der Waals surface area contributed by atoms with Crippen LogP contribution in [0.5, 0.6) is 11.5 Å². The number of aryl methyl sites for hydroxylation is 1. The van der Waals surface area contributed by atoms with E-state index in [1.165, 1.54) is 19.4 Å². The van der Waals surface area contributed by atoms with E-state index in [-0.39, 0.29) is 17.7 Å². The number of nitrogens with zero attached hydrogens (tertiary/aromatic N) is 8. The normalized spacial score (nSPS) is 16.6. The van der Waals surface area contributed by atoms with Gasteiger partial charge >= 0.3 is 0 Å². The first-order chi connectivity index (χ1) is 23.9. The molecule has 0 unspecified atom stereocenters. The lowest BCUT2D eigenvalue weighted by atomic mass is 9.94. The third kappa shape index (κ3) is 6.62. The molecule has 7 rings (SSSR count). The Kier molecular flexibility index (Phi) is 9.09. The molecule has 0 radical (unpaired) electrons. The van der Waals surface area contributed by atoms with Crippen LogP contribution in [0, 0.1) is 5.82 Å². The van der Waals surface area contributed by atoms with Crippen LogP contribution < -0.4 is 14.4 Å². The van der Waals surface area contributed by atoms with E-state index in [1.807, 2.05) is 26.8 Å². The zero-order valence-corrected chi connectivity index (χ0v) is 27.5. The Hall–Kier alpha value is -5.53. The molecule has 4 aromatic heterocycles. The number of hydrogen-bond acceptors (Lipinski definition) is 9. The van der Waals surface area contributed by atoms with Crippen molar-refractivity contribution in [2.75, 3.05) is 58.4 Å². The third-order valence-corrected chi connectivity index (χ3v) is 9.41. The molecule has 14 heteroatoms. The summed E-state index contributed by atoms with van der Waals surface area (Å²) in [6.07, 6.45) is 10.2. The van der Waals surface area contributed by atoms with Crippen LogP contribution in [0.3, 0.4) is 0 Å². The highest BCUT2D eigenvalue weighted by atomic mass is 19.1. The van der Waals surface area contributed by atoms with Crippen LogP contribution in [0.2, 0.25) is 0 Å². The molecule has 1 aromatic carbocycles. The lowest BCUT2D eigenvalue weighted by Gasteiger charge is -2.36. The first-order valence-corrected chi connectivity index (χ1v) is 16.4. The molecule has 1 N–H and O–H groups in total. The number of hydrogen-bond donors (Lipinski definition) is 1. The van der Waals surface area contributed by atoms with Crippen LogP contribution in [0.15, 0.2) is 61.3 Å². The Balaban J connectivity index is 1.15. The average Bonchev–Trinajstić information content (AvgIpc) is 3.84. The fourth-order valence-electron chi connectivity index (χ4n) is 6.87. The molecule has 0 bridgehead atoms. The molecule has 0 saturated carbocycles. The topological polar surface area (TPSA) is 135 Å². The van der Waals surface area contributed by atoms with Gasteiger partial charge < -0.3 is 29.2 Å². The summed E-state index contributed by atoms with van der Waals surface area (Å²) in [5.74, 6) is 1.22. The molecule has 6 heterocycles. The molecule has 2 aliphatic heterocycles. The molecule has 0 aliphatic carbocycles. The minimum absolute atomic E-state index is 0.0887. The molecular weight excluding hydrogens is 629 g/mol. The number of benzene rings is 1. The predicted octanol–water partition coefficient (Wildman–Crippen LogP) is 4.13. The van der Waals surface area contributed by atoms with Crippen molar-refractivity contribution in [2.24, 2.45) is 0 Å². The number of anilines is 1. The summed E-state index contributed by atoms with van der Waals surface area (Å²) >= 11 is 0. The second-order valence-corrected chi connectivity index (χ2v) is 12.3. The zero-order chi connectivity index (χ0) is 33.9. The number of H-pyrrole nitrogens is 1. The molecule has 13 nitrogen and oxygen atoms in total. The molecule has 2 aliphatic rings. The second-order valence-electron chi connectivity index (χ2n) is 12.3. The third-order valence-electron chi connectivity index (χ3n) is 9.41. The maximum absolute atomic E-state index is 14.1. The van der Waals surface area contributed by atoms with Gasteiger partial charge in [-0.3, -0.25) is 19.3 Å². The number of piperazine rings is 1. The van der Waals surface area contributed by atoms with E-state index in [0.29, 0.717) is 68.6 Å². The number of fused-ring (bicyclic) bond motifs is 1. The highest BCUT2D eigenvalue weighted by molar-refractivity contribution is 6.04. The number of carbonyl (C=O) groups is 2. The lowest BCUT2D eigenvalue weighted by Crippen LogP contribution is -2.49. The maximum Gasteiger partial charge on any atom is 0.254 e. The van der Waals surface area contributed by atoms with Gasteiger partial charge in [0.05, 0.1) is 38.7 Å². The quantitative estimate of drug-likeness (QED) is 0.246. The smallest absolute Gasteiger partial charge is 0.254 e. The molecule has 0 spiro atoms. The van der Waals surface area contributed by atoms with Crippen LogP contribution >= 0.6 is 0 Å². The number of ether oxygens (including phenoxy) is 2. The number of aromatic nitrogens is 6. The van der Waals surface area contributed by atoms with Gasteiger partial charge in [-0.15, -0.1) is 5.10 Å². The van der Waals surface area contributed by atoms with Crippen LogP contribution in [0.4, 0.5) is 10.2 Å². The van der Waals surface area contributed by atoms with Gasteiger partial charge in [0.2, 0.25) is 5.91 Å². The molecule has 254 valence electrons. The number of aromatic amines is 1. The Morgan fingerprint density at radius 1 is 0.959 bits per heavy atom. The van der Waals surface area contributed by atoms with Gasteiger partial charge in [-0.25, -0.2) is 9.37 Å². The van der Waals surface area contributed by atoms with Gasteiger partial charge in [0.1, 0.15) is 11.6 Å². The van der Waals surface area contributed by atoms with E-state index in [4.69, 9.17) is 9.47 Å². The van der Waals surface area contributed by atoms with E-state index >= 15 is 0 Å². The predicted molar refractivity (Wildman–Crippen MR) is 180 cm³/mol. The van der Waals surface area contributed by atoms with Gasteiger partial charge in [-0.05, 0) is 37.1 Å². The zero-order valence-electron chi connectivity index (χ0n) is 27.5. The number of rotatable bonds is 9. The minimum Gasteiger partial charge on any atom is -0.496 e. The molecular formula is C35H38FN9O4. The highest BCUT2D eigenvalue weighted by Gasteiger charge is 2.29. The van der Waals surface area contributed by atoms with Gasteiger partial charge in [0, 0.05) is 104 Å². The van der Waals surface area contributed by atoms with E-state index < -0.39 is 5.82 Å². The fraction of sp³-hybridized carbons (Fsp3) is 0.371. The Morgan fingerprint density at radius 3 is 2.57 bits per heavy atom. The number of nitrogens with one attached hydrogen (secondary N) is 1. The Labute approximate surface area is 282 Å². The largest absolute Gasteiger partial charge is 0.496 e. The van der Waals surface area contributed by atoms with E-state index in [2.05, 4.69) is 31.3 Å². The summed E-state index contributed by atoms with van der Waals surface area (Å²) in [5.41, 5.74) is 4.04. The van der Waals surface area contributed by atoms with Crippen LogP contribution in [0.1, 0.15) is 41.2 Å². The maximum atomic E-state index is 14.1. The van der Waals surface area contributed by atoms with Crippen molar-refractivity contribution >= 4 is 28.5 Å². The van der Waals surface area contributed by atoms with E-state index in [0.717, 1.165) is 47.1 Å². The van der Waals surface area contributed by atoms with Gasteiger partial charge in [-0.2, -0.15) is 0 Å². The molecule has 2 amide bonds. The van der Waals surface area contributed by atoms with E-state index in [9.17, 15) is 14.0 Å². The molecule has 2 saturated heterocycles. The first-order valence-electron chi connectivity index (χ1n) is 16.4. The van der Waals surface area contributed by atoms with Crippen molar-refractivity contribution in [3.63, 3.8) is 0 Å². The minimum atomic E-state index is -0.465. The lowest BCUT2D eigenvalue weighted by molar-refractivity contribution is -0.132. The van der Waals surface area contributed by atoms with Crippen LogP contribution in [-0.2, 0) is 11.3 Å². The fourth-order valence-corrected chi connectivity index (χ4v) is 6.87. The number of pyridine rings is 2. The van der Waals surface area contributed by atoms with E-state index in [1.54, 1.807) is 42.6 Å². The summed E-state index contributed by atoms with van der Waals surface area (Å²) < 4.78 is 26.5. The summed E-state index contributed by atoms with van der Waals surface area (Å²) in [6, 6.07) is 9.07. The van der Waals surface area contributed by atoms with Crippen molar-refractivity contribution in [1.29, 1.82) is 0 Å². The highest BCUT2D eigenvalue weighted by Crippen LogP contribution is 2.38. The second kappa shape index (κ2) is 13.9. The van der Waals surface area contributed by atoms with Crippen molar-refractivity contribution < 1.29 is 23.5 Å². The first kappa shape index (κ1) is 32.0. The standard InChI is InChI=1S/C35H38FN9O4/c1-48-30-5-7-37-21-28(30)27-17-25(35(47)43-14-12-42(13-15-43)34-31(49-2)19-26(36)20-38-34)16-24-18-29(40-33(24)27)23-4-3-9-44(22-23)32(46)6-10-45-11-8-39-41-45/h5,7-8,11,16-21,23,40H,3-4,6,9-10,12-15,22H2,1-2H3/t23-/m0/s1.